The van der Waals surface area contributed by atoms with Gasteiger partial charge in [-0.25, -0.2) is 8.42 Å². The molecule has 24 heavy (non-hydrogen) atoms. The van der Waals surface area contributed by atoms with Gasteiger partial charge in [0.1, 0.15) is 0 Å². The molecule has 2 aliphatic rings. The Morgan fingerprint density at radius 1 is 1.04 bits per heavy atom. The summed E-state index contributed by atoms with van der Waals surface area (Å²) in [7, 11) is -3.46. The normalized spacial score (nSPS) is 26.1. The van der Waals surface area contributed by atoms with Crippen molar-refractivity contribution < 1.29 is 8.42 Å². The molecule has 0 aliphatic carbocycles. The second-order valence-electron chi connectivity index (χ2n) is 6.81. The lowest BCUT2D eigenvalue weighted by Gasteiger charge is -2.22. The van der Waals surface area contributed by atoms with Crippen LogP contribution in [0.25, 0.3) is 0 Å². The van der Waals surface area contributed by atoms with E-state index in [0.717, 1.165) is 30.8 Å². The number of nitrogens with one attached hydrogen (secondary N) is 2. The molecule has 1 fully saturated rings. The van der Waals surface area contributed by atoms with Crippen LogP contribution in [0.15, 0.2) is 58.3 Å². The zero-order valence-corrected chi connectivity index (χ0v) is 14.5. The molecule has 0 spiro atoms. The highest BCUT2D eigenvalue weighted by Crippen LogP contribution is 2.43. The van der Waals surface area contributed by atoms with E-state index in [-0.39, 0.29) is 0 Å². The second-order valence-corrected chi connectivity index (χ2v) is 8.76. The van der Waals surface area contributed by atoms with Gasteiger partial charge in [0, 0.05) is 17.6 Å². The van der Waals surface area contributed by atoms with Gasteiger partial charge in [0.05, 0.1) is 9.79 Å². The predicted octanol–water partition coefficient (Wildman–Crippen LogP) is 3.03. The van der Waals surface area contributed by atoms with Crippen LogP contribution in [0.3, 0.4) is 0 Å². The van der Waals surface area contributed by atoms with Gasteiger partial charge in [0.25, 0.3) is 0 Å². The molecule has 3 atom stereocenters. The maximum atomic E-state index is 12.9. The van der Waals surface area contributed by atoms with Gasteiger partial charge < -0.3 is 10.6 Å². The first-order valence-corrected chi connectivity index (χ1v) is 9.97. The topological polar surface area (TPSA) is 58.2 Å². The lowest BCUT2D eigenvalue weighted by atomic mass is 9.87. The van der Waals surface area contributed by atoms with Crippen molar-refractivity contribution in [1.82, 2.24) is 5.32 Å². The van der Waals surface area contributed by atoms with E-state index >= 15 is 0 Å². The third-order valence-electron chi connectivity index (χ3n) is 5.25. The van der Waals surface area contributed by atoms with Gasteiger partial charge in [-0.1, -0.05) is 25.1 Å². The van der Waals surface area contributed by atoms with Gasteiger partial charge in [0.2, 0.25) is 9.84 Å². The highest BCUT2D eigenvalue weighted by Gasteiger charge is 2.37. The van der Waals surface area contributed by atoms with Crippen LogP contribution in [0, 0.1) is 5.92 Å². The van der Waals surface area contributed by atoms with Gasteiger partial charge in [0.15, 0.2) is 0 Å². The zero-order valence-electron chi connectivity index (χ0n) is 13.7. The predicted molar refractivity (Wildman–Crippen MR) is 95.1 cm³/mol. The molecule has 0 bridgehead atoms. The molecule has 0 radical (unpaired) electrons. The van der Waals surface area contributed by atoms with Gasteiger partial charge in [-0.3, -0.25) is 0 Å². The fraction of sp³-hybridized carbons (Fsp3) is 0.368. The van der Waals surface area contributed by atoms with E-state index in [0.29, 0.717) is 27.7 Å². The van der Waals surface area contributed by atoms with Gasteiger partial charge in [-0.2, -0.15) is 0 Å². The first kappa shape index (κ1) is 15.7. The average molecular weight is 342 g/mol. The minimum Gasteiger partial charge on any atom is -0.381 e. The maximum absolute atomic E-state index is 12.9. The molecule has 4 nitrogen and oxygen atoms in total. The first-order chi connectivity index (χ1) is 11.6. The summed E-state index contributed by atoms with van der Waals surface area (Å²) in [6.07, 6.45) is 1.03. The third-order valence-corrected chi connectivity index (χ3v) is 7.02. The van der Waals surface area contributed by atoms with E-state index in [1.807, 2.05) is 18.2 Å². The fourth-order valence-corrected chi connectivity index (χ4v) is 5.26. The molecule has 2 N–H and O–H groups in total. The van der Waals surface area contributed by atoms with Crippen molar-refractivity contribution in [3.8, 4) is 0 Å². The summed E-state index contributed by atoms with van der Waals surface area (Å²) in [5.41, 5.74) is 2.23. The van der Waals surface area contributed by atoms with Crippen molar-refractivity contribution in [2.75, 3.05) is 18.4 Å². The Morgan fingerprint density at radius 3 is 2.62 bits per heavy atom. The molecule has 2 aromatic carbocycles. The summed E-state index contributed by atoms with van der Waals surface area (Å²) in [6.45, 7) is 4.22. The molecule has 1 saturated heterocycles. The van der Waals surface area contributed by atoms with E-state index in [1.165, 1.54) is 0 Å². The number of benzene rings is 2. The van der Waals surface area contributed by atoms with E-state index < -0.39 is 9.84 Å². The van der Waals surface area contributed by atoms with Crippen molar-refractivity contribution >= 4 is 15.5 Å². The van der Waals surface area contributed by atoms with Crippen molar-refractivity contribution in [2.24, 2.45) is 5.92 Å². The van der Waals surface area contributed by atoms with Gasteiger partial charge in [-0.15, -0.1) is 0 Å². The molecule has 2 aromatic rings. The molecule has 0 saturated carbocycles. The zero-order chi connectivity index (χ0) is 16.7. The number of hydrogen-bond donors (Lipinski definition) is 2. The van der Waals surface area contributed by atoms with E-state index in [9.17, 15) is 8.42 Å². The fourth-order valence-electron chi connectivity index (χ4n) is 3.94. The maximum Gasteiger partial charge on any atom is 0.206 e. The van der Waals surface area contributed by atoms with Crippen LogP contribution in [0.2, 0.25) is 0 Å². The third kappa shape index (κ3) is 2.52. The highest BCUT2D eigenvalue weighted by molar-refractivity contribution is 7.91. The summed E-state index contributed by atoms with van der Waals surface area (Å²) in [6, 6.07) is 14.6. The smallest absolute Gasteiger partial charge is 0.206 e. The quantitative estimate of drug-likeness (QED) is 0.881. The Hall–Kier alpha value is -1.85. The number of rotatable bonds is 2. The van der Waals surface area contributed by atoms with E-state index in [1.54, 1.807) is 30.3 Å². The van der Waals surface area contributed by atoms with Crippen molar-refractivity contribution in [1.29, 1.82) is 0 Å². The van der Waals surface area contributed by atoms with Crippen LogP contribution in [0.1, 0.15) is 24.8 Å². The molecule has 126 valence electrons. The SMILES string of the molecule is CC1CNCC[C@H]2c3cc(S(=O)(=O)c4ccccc4)ccc3N[C@@H]12. The summed E-state index contributed by atoms with van der Waals surface area (Å²) in [5.74, 6) is 0.884. The lowest BCUT2D eigenvalue weighted by Crippen LogP contribution is -2.31. The monoisotopic (exact) mass is 342 g/mol. The van der Waals surface area contributed by atoms with Crippen LogP contribution in [-0.4, -0.2) is 27.5 Å². The van der Waals surface area contributed by atoms with Crippen LogP contribution >= 0.6 is 0 Å². The lowest BCUT2D eigenvalue weighted by molar-refractivity contribution is 0.454. The molecular formula is C19H22N2O2S. The van der Waals surface area contributed by atoms with Crippen LogP contribution in [0.5, 0.6) is 0 Å². The van der Waals surface area contributed by atoms with Crippen LogP contribution in [0.4, 0.5) is 5.69 Å². The number of fused-ring (bicyclic) bond motifs is 3. The van der Waals surface area contributed by atoms with Crippen molar-refractivity contribution in [3.05, 3.63) is 54.1 Å². The minimum absolute atomic E-state index is 0.350. The highest BCUT2D eigenvalue weighted by atomic mass is 32.2. The molecular weight excluding hydrogens is 320 g/mol. The molecule has 4 rings (SSSR count). The summed E-state index contributed by atoms with van der Waals surface area (Å²) in [4.78, 5) is 0.739. The molecule has 0 amide bonds. The number of anilines is 1. The Bertz CT molecular complexity index is 849. The van der Waals surface area contributed by atoms with E-state index in [2.05, 4.69) is 17.6 Å². The molecule has 2 heterocycles. The van der Waals surface area contributed by atoms with Crippen LogP contribution in [-0.2, 0) is 9.84 Å². The number of sulfone groups is 1. The average Bonchev–Trinajstić information content (AvgIpc) is 2.87. The van der Waals surface area contributed by atoms with Gasteiger partial charge >= 0.3 is 0 Å². The molecule has 0 aromatic heterocycles. The molecule has 2 aliphatic heterocycles. The Morgan fingerprint density at radius 2 is 1.83 bits per heavy atom. The minimum atomic E-state index is -3.46. The summed E-state index contributed by atoms with van der Waals surface area (Å²) < 4.78 is 25.8. The Kier molecular flexibility index (Phi) is 3.85. The van der Waals surface area contributed by atoms with E-state index in [4.69, 9.17) is 0 Å². The second kappa shape index (κ2) is 5.90. The van der Waals surface area contributed by atoms with Crippen LogP contribution < -0.4 is 10.6 Å². The first-order valence-electron chi connectivity index (χ1n) is 8.49. The molecule has 5 heteroatoms. The van der Waals surface area contributed by atoms with Crippen molar-refractivity contribution in [2.45, 2.75) is 35.1 Å². The standard InChI is InChI=1S/C19H22N2O2S/c1-13-12-20-10-9-16-17-11-15(7-8-18(17)21-19(13)16)24(22,23)14-5-3-2-4-6-14/h2-8,11,13,16,19-21H,9-10,12H2,1H3/t13?,16-,19-/m0/s1. The summed E-state index contributed by atoms with van der Waals surface area (Å²) >= 11 is 0. The van der Waals surface area contributed by atoms with Crippen molar-refractivity contribution in [3.63, 3.8) is 0 Å². The van der Waals surface area contributed by atoms with Gasteiger partial charge in [-0.05, 0) is 61.3 Å². The number of hydrogen-bond acceptors (Lipinski definition) is 4. The Labute approximate surface area is 143 Å². The summed E-state index contributed by atoms with van der Waals surface area (Å²) in [5, 5.41) is 7.08. The Balaban J connectivity index is 1.75. The largest absolute Gasteiger partial charge is 0.381 e. The molecule has 1 unspecified atom stereocenters.